The third-order valence-corrected chi connectivity index (χ3v) is 5.30. The Kier molecular flexibility index (Phi) is 5.59. The van der Waals surface area contributed by atoms with Gasteiger partial charge in [-0.1, -0.05) is 12.8 Å². The van der Waals surface area contributed by atoms with E-state index in [1.165, 1.54) is 0 Å². The highest BCUT2D eigenvalue weighted by Gasteiger charge is 2.22. The molecule has 1 fully saturated rings. The van der Waals surface area contributed by atoms with E-state index < -0.39 is 0 Å². The summed E-state index contributed by atoms with van der Waals surface area (Å²) in [5.41, 5.74) is 1.63. The van der Waals surface area contributed by atoms with Gasteiger partial charge in [-0.05, 0) is 44.0 Å². The smallest absolute Gasteiger partial charge is 0.223 e. The second-order valence-corrected chi connectivity index (χ2v) is 7.31. The van der Waals surface area contributed by atoms with Crippen LogP contribution in [0.25, 0.3) is 16.7 Å². The maximum Gasteiger partial charge on any atom is 0.223 e. The topological polar surface area (TPSA) is 94.0 Å². The molecule has 8 heteroatoms. The molecule has 0 unspecified atom stereocenters. The summed E-state index contributed by atoms with van der Waals surface area (Å²) in [6.07, 6.45) is 6.10. The van der Waals surface area contributed by atoms with Gasteiger partial charge >= 0.3 is 0 Å². The van der Waals surface area contributed by atoms with E-state index in [4.69, 9.17) is 4.74 Å². The third-order valence-electron chi connectivity index (χ3n) is 5.30. The number of carbonyl (C=O) groups excluding carboxylic acids is 1. The van der Waals surface area contributed by atoms with Crippen molar-refractivity contribution in [1.29, 1.82) is 0 Å². The van der Waals surface area contributed by atoms with Crippen LogP contribution in [-0.2, 0) is 4.79 Å². The predicted molar refractivity (Wildman–Crippen MR) is 111 cm³/mol. The summed E-state index contributed by atoms with van der Waals surface area (Å²) in [5.74, 6) is 2.53. The van der Waals surface area contributed by atoms with E-state index in [0.717, 1.165) is 54.0 Å². The molecule has 0 spiro atoms. The number of methoxy groups -OCH3 is 1. The number of anilines is 1. The molecule has 0 saturated heterocycles. The number of ether oxygens (including phenoxy) is 1. The van der Waals surface area contributed by atoms with Crippen LogP contribution >= 0.6 is 0 Å². The molecule has 2 N–H and O–H groups in total. The van der Waals surface area contributed by atoms with Gasteiger partial charge in [0.25, 0.3) is 0 Å². The first-order valence-electron chi connectivity index (χ1n) is 10.0. The van der Waals surface area contributed by atoms with Crippen molar-refractivity contribution in [2.75, 3.05) is 25.5 Å². The molecule has 152 valence electrons. The standard InChI is InChI=1S/C21H26N6O2/c1-14-25-19(22-11-12-23-21(28)15-5-3-4-6-15)18-13-24-27(20(18)26-14)16-7-9-17(29-2)10-8-16/h7-10,13,15H,3-6,11-12H2,1-2H3,(H,23,28)(H,22,25,26). The molecule has 29 heavy (non-hydrogen) atoms. The van der Waals surface area contributed by atoms with Gasteiger partial charge in [0.15, 0.2) is 5.65 Å². The molecule has 8 nitrogen and oxygen atoms in total. The summed E-state index contributed by atoms with van der Waals surface area (Å²) >= 11 is 0. The zero-order valence-electron chi connectivity index (χ0n) is 16.8. The van der Waals surface area contributed by atoms with Crippen molar-refractivity contribution in [2.24, 2.45) is 5.92 Å². The van der Waals surface area contributed by atoms with Gasteiger partial charge < -0.3 is 15.4 Å². The number of carbonyl (C=O) groups is 1. The minimum Gasteiger partial charge on any atom is -0.497 e. The van der Waals surface area contributed by atoms with Crippen molar-refractivity contribution in [3.63, 3.8) is 0 Å². The van der Waals surface area contributed by atoms with E-state index in [1.54, 1.807) is 18.0 Å². The Bertz CT molecular complexity index is 992. The molecule has 0 atom stereocenters. The number of hydrogen-bond donors (Lipinski definition) is 2. The van der Waals surface area contributed by atoms with Gasteiger partial charge in [0, 0.05) is 19.0 Å². The highest BCUT2D eigenvalue weighted by molar-refractivity contribution is 5.87. The van der Waals surface area contributed by atoms with Crippen molar-refractivity contribution in [1.82, 2.24) is 25.1 Å². The Hall–Kier alpha value is -3.16. The van der Waals surface area contributed by atoms with Gasteiger partial charge in [0.05, 0.1) is 24.4 Å². The molecule has 3 aromatic rings. The first-order chi connectivity index (χ1) is 14.2. The van der Waals surface area contributed by atoms with E-state index in [1.807, 2.05) is 31.2 Å². The van der Waals surface area contributed by atoms with Crippen LogP contribution in [0.4, 0.5) is 5.82 Å². The van der Waals surface area contributed by atoms with Crippen LogP contribution < -0.4 is 15.4 Å². The average Bonchev–Trinajstić information content (AvgIpc) is 3.41. The fourth-order valence-corrected chi connectivity index (χ4v) is 3.76. The largest absolute Gasteiger partial charge is 0.497 e. The second kappa shape index (κ2) is 8.46. The van der Waals surface area contributed by atoms with Crippen LogP contribution in [0.3, 0.4) is 0 Å². The van der Waals surface area contributed by atoms with Crippen molar-refractivity contribution in [3.05, 3.63) is 36.3 Å². The van der Waals surface area contributed by atoms with Crippen LogP contribution in [0.15, 0.2) is 30.5 Å². The van der Waals surface area contributed by atoms with Crippen LogP contribution in [0.1, 0.15) is 31.5 Å². The zero-order valence-corrected chi connectivity index (χ0v) is 16.8. The molecule has 2 heterocycles. The maximum atomic E-state index is 12.1. The second-order valence-electron chi connectivity index (χ2n) is 7.31. The molecule has 2 aromatic heterocycles. The monoisotopic (exact) mass is 394 g/mol. The third kappa shape index (κ3) is 4.16. The predicted octanol–water partition coefficient (Wildman–Crippen LogP) is 2.85. The lowest BCUT2D eigenvalue weighted by Crippen LogP contribution is -2.33. The highest BCUT2D eigenvalue weighted by atomic mass is 16.5. The molecule has 1 aliphatic rings. The van der Waals surface area contributed by atoms with Crippen LogP contribution in [0, 0.1) is 12.8 Å². The molecule has 0 bridgehead atoms. The lowest BCUT2D eigenvalue weighted by Gasteiger charge is -2.12. The van der Waals surface area contributed by atoms with Gasteiger partial charge in [-0.3, -0.25) is 4.79 Å². The number of aryl methyl sites for hydroxylation is 1. The maximum absolute atomic E-state index is 12.1. The van der Waals surface area contributed by atoms with Crippen molar-refractivity contribution >= 4 is 22.8 Å². The van der Waals surface area contributed by atoms with E-state index >= 15 is 0 Å². The molecule has 0 radical (unpaired) electrons. The van der Waals surface area contributed by atoms with Gasteiger partial charge in [0.1, 0.15) is 17.4 Å². The van der Waals surface area contributed by atoms with Crippen molar-refractivity contribution in [3.8, 4) is 11.4 Å². The quantitative estimate of drug-likeness (QED) is 0.599. The Labute approximate surface area is 169 Å². The summed E-state index contributed by atoms with van der Waals surface area (Å²) in [7, 11) is 1.64. The Morgan fingerprint density at radius 2 is 1.93 bits per heavy atom. The van der Waals surface area contributed by atoms with E-state index in [0.29, 0.717) is 18.9 Å². The van der Waals surface area contributed by atoms with Crippen molar-refractivity contribution in [2.45, 2.75) is 32.6 Å². The zero-order chi connectivity index (χ0) is 20.2. The minimum atomic E-state index is 0.167. The van der Waals surface area contributed by atoms with Crippen LogP contribution in [0.2, 0.25) is 0 Å². The Morgan fingerprint density at radius 1 is 1.17 bits per heavy atom. The number of fused-ring (bicyclic) bond motifs is 1. The Morgan fingerprint density at radius 3 is 2.66 bits per heavy atom. The van der Waals surface area contributed by atoms with E-state index in [9.17, 15) is 4.79 Å². The van der Waals surface area contributed by atoms with Crippen LogP contribution in [0.5, 0.6) is 5.75 Å². The summed E-state index contributed by atoms with van der Waals surface area (Å²) in [6, 6.07) is 7.66. The van der Waals surface area contributed by atoms with Gasteiger partial charge in [-0.2, -0.15) is 5.10 Å². The van der Waals surface area contributed by atoms with E-state index in [2.05, 4.69) is 25.7 Å². The number of rotatable bonds is 7. The van der Waals surface area contributed by atoms with Gasteiger partial charge in [-0.15, -0.1) is 0 Å². The number of nitrogens with one attached hydrogen (secondary N) is 2. The molecule has 0 aliphatic heterocycles. The number of benzene rings is 1. The molecular formula is C21H26N6O2. The first-order valence-corrected chi connectivity index (χ1v) is 10.0. The lowest BCUT2D eigenvalue weighted by molar-refractivity contribution is -0.124. The molecule has 1 saturated carbocycles. The fourth-order valence-electron chi connectivity index (χ4n) is 3.76. The molecular weight excluding hydrogens is 368 g/mol. The summed E-state index contributed by atoms with van der Waals surface area (Å²) in [4.78, 5) is 21.2. The van der Waals surface area contributed by atoms with Crippen molar-refractivity contribution < 1.29 is 9.53 Å². The Balaban J connectivity index is 1.46. The fraction of sp³-hybridized carbons (Fsp3) is 0.429. The first kappa shape index (κ1) is 19.2. The minimum absolute atomic E-state index is 0.167. The van der Waals surface area contributed by atoms with Gasteiger partial charge in [-0.25, -0.2) is 14.6 Å². The lowest BCUT2D eigenvalue weighted by atomic mass is 10.1. The molecule has 1 aromatic carbocycles. The molecule has 4 rings (SSSR count). The average molecular weight is 394 g/mol. The summed E-state index contributed by atoms with van der Waals surface area (Å²) in [6.45, 7) is 3.02. The molecule has 1 aliphatic carbocycles. The SMILES string of the molecule is COc1ccc(-n2ncc3c(NCCNC(=O)C4CCCC4)nc(C)nc32)cc1. The number of hydrogen-bond acceptors (Lipinski definition) is 6. The number of aromatic nitrogens is 4. The van der Waals surface area contributed by atoms with E-state index in [-0.39, 0.29) is 11.8 Å². The van der Waals surface area contributed by atoms with Crippen LogP contribution in [-0.4, -0.2) is 45.9 Å². The van der Waals surface area contributed by atoms with Gasteiger partial charge in [0.2, 0.25) is 5.91 Å². The normalized spacial score (nSPS) is 14.3. The summed E-state index contributed by atoms with van der Waals surface area (Å²) in [5, 5.41) is 11.7. The molecule has 1 amide bonds. The number of nitrogens with zero attached hydrogens (tertiary/aromatic N) is 4. The summed E-state index contributed by atoms with van der Waals surface area (Å²) < 4.78 is 7.01. The number of amides is 1. The highest BCUT2D eigenvalue weighted by Crippen LogP contribution is 2.25.